The fourth-order valence-electron chi connectivity index (χ4n) is 6.57. The zero-order valence-corrected chi connectivity index (χ0v) is 27.0. The first kappa shape index (κ1) is 34.7. The van der Waals surface area contributed by atoms with Crippen LogP contribution in [0.4, 0.5) is 0 Å². The van der Waals surface area contributed by atoms with E-state index in [-0.39, 0.29) is 18.6 Å². The van der Waals surface area contributed by atoms with Crippen LogP contribution in [0.25, 0.3) is 0 Å². The molecule has 2 unspecified atom stereocenters. The normalized spacial score (nSPS) is 19.1. The minimum absolute atomic E-state index is 0.0593. The fraction of sp³-hybridized carbons (Fsp3) is 0.600. The molecule has 45 heavy (non-hydrogen) atoms. The number of methoxy groups -OCH3 is 3. The van der Waals surface area contributed by atoms with Crippen LogP contribution < -0.4 is 20.1 Å². The van der Waals surface area contributed by atoms with Gasteiger partial charge >= 0.3 is 11.8 Å². The molecule has 10 nitrogen and oxygen atoms in total. The van der Waals surface area contributed by atoms with Gasteiger partial charge in [-0.3, -0.25) is 9.59 Å². The molecule has 1 saturated heterocycles. The molecule has 4 atom stereocenters. The molecule has 2 amide bonds. The number of aliphatic hydroxyl groups is 1. The van der Waals surface area contributed by atoms with E-state index < -0.39 is 24.0 Å². The molecule has 10 heteroatoms. The molecule has 2 aromatic rings. The first-order valence-electron chi connectivity index (χ1n) is 16.3. The van der Waals surface area contributed by atoms with Crippen molar-refractivity contribution in [3.63, 3.8) is 0 Å². The minimum atomic E-state index is -0.862. The van der Waals surface area contributed by atoms with Gasteiger partial charge in [0, 0.05) is 45.3 Å². The van der Waals surface area contributed by atoms with Crippen LogP contribution in [0.15, 0.2) is 48.5 Å². The number of benzene rings is 2. The lowest BCUT2D eigenvalue weighted by molar-refractivity contribution is -0.146. The zero-order chi connectivity index (χ0) is 32.0. The van der Waals surface area contributed by atoms with E-state index in [1.54, 1.807) is 26.2 Å². The quantitative estimate of drug-likeness (QED) is 0.190. The number of ether oxygens (including phenoxy) is 4. The number of carbonyl (C=O) groups is 2. The van der Waals surface area contributed by atoms with Crippen LogP contribution in [-0.2, 0) is 25.6 Å². The Hall–Kier alpha value is -3.18. The van der Waals surface area contributed by atoms with Crippen LogP contribution in [0.5, 0.6) is 11.5 Å². The SMILES string of the molecule is COCCOC(c1ccccc1)C1CCN(C(=O)C(=O)N[C@@H](CC2CCCCC2)[C@H](O)CNCc2cc(OC)cc(OC)c2)C1. The van der Waals surface area contributed by atoms with Gasteiger partial charge in [0.25, 0.3) is 0 Å². The molecule has 3 N–H and O–H groups in total. The van der Waals surface area contributed by atoms with Crippen molar-refractivity contribution in [2.75, 3.05) is 54.2 Å². The van der Waals surface area contributed by atoms with Gasteiger partial charge in [0.05, 0.1) is 45.7 Å². The van der Waals surface area contributed by atoms with Crippen molar-refractivity contribution < 1.29 is 33.6 Å². The van der Waals surface area contributed by atoms with Gasteiger partial charge in [-0.15, -0.1) is 0 Å². The molecule has 0 radical (unpaired) electrons. The van der Waals surface area contributed by atoms with E-state index in [1.807, 2.05) is 48.5 Å². The van der Waals surface area contributed by atoms with Gasteiger partial charge in [0.1, 0.15) is 11.5 Å². The van der Waals surface area contributed by atoms with Crippen LogP contribution in [0.1, 0.15) is 62.2 Å². The first-order chi connectivity index (χ1) is 21.9. The van der Waals surface area contributed by atoms with E-state index in [9.17, 15) is 14.7 Å². The molecule has 1 aliphatic heterocycles. The number of hydrogen-bond acceptors (Lipinski definition) is 8. The second-order valence-electron chi connectivity index (χ2n) is 12.2. The highest BCUT2D eigenvalue weighted by Crippen LogP contribution is 2.33. The third-order valence-corrected chi connectivity index (χ3v) is 9.03. The monoisotopic (exact) mass is 625 g/mol. The largest absolute Gasteiger partial charge is 0.497 e. The van der Waals surface area contributed by atoms with Crippen LogP contribution in [0, 0.1) is 11.8 Å². The van der Waals surface area contributed by atoms with Gasteiger partial charge in [-0.25, -0.2) is 0 Å². The van der Waals surface area contributed by atoms with E-state index in [0.29, 0.717) is 56.7 Å². The molecular formula is C35H51N3O7. The van der Waals surface area contributed by atoms with Crippen molar-refractivity contribution in [1.82, 2.24) is 15.5 Å². The molecule has 248 valence electrons. The summed E-state index contributed by atoms with van der Waals surface area (Å²) in [6.07, 6.45) is 5.98. The molecule has 0 spiro atoms. The summed E-state index contributed by atoms with van der Waals surface area (Å²) in [6.45, 7) is 2.58. The van der Waals surface area contributed by atoms with Crippen LogP contribution >= 0.6 is 0 Å². The Morgan fingerprint density at radius 3 is 2.33 bits per heavy atom. The summed E-state index contributed by atoms with van der Waals surface area (Å²) < 4.78 is 22.1. The van der Waals surface area contributed by atoms with Crippen LogP contribution in [0.2, 0.25) is 0 Å². The van der Waals surface area contributed by atoms with Crippen molar-refractivity contribution in [1.29, 1.82) is 0 Å². The van der Waals surface area contributed by atoms with E-state index in [1.165, 1.54) is 6.42 Å². The minimum Gasteiger partial charge on any atom is -0.497 e. The number of hydrogen-bond donors (Lipinski definition) is 3. The number of rotatable bonds is 16. The number of amides is 2. The number of nitrogens with zero attached hydrogens (tertiary/aromatic N) is 1. The molecule has 2 aliphatic rings. The second-order valence-corrected chi connectivity index (χ2v) is 12.2. The van der Waals surface area contributed by atoms with Gasteiger partial charge < -0.3 is 39.6 Å². The molecule has 1 aliphatic carbocycles. The Balaban J connectivity index is 1.36. The molecule has 0 bridgehead atoms. The summed E-state index contributed by atoms with van der Waals surface area (Å²) in [5, 5.41) is 17.5. The van der Waals surface area contributed by atoms with Crippen molar-refractivity contribution in [3.8, 4) is 11.5 Å². The summed E-state index contributed by atoms with van der Waals surface area (Å²) in [5.41, 5.74) is 2.00. The zero-order valence-electron chi connectivity index (χ0n) is 27.0. The Labute approximate surface area is 267 Å². The third kappa shape index (κ3) is 10.4. The van der Waals surface area contributed by atoms with Crippen LogP contribution in [0.3, 0.4) is 0 Å². The molecule has 4 rings (SSSR count). The third-order valence-electron chi connectivity index (χ3n) is 9.03. The number of aliphatic hydroxyl groups excluding tert-OH is 1. The topological polar surface area (TPSA) is 119 Å². The smallest absolute Gasteiger partial charge is 0.311 e. The van der Waals surface area contributed by atoms with Gasteiger partial charge in [-0.05, 0) is 42.0 Å². The lowest BCUT2D eigenvalue weighted by atomic mass is 9.83. The average molecular weight is 626 g/mol. The molecule has 1 heterocycles. The van der Waals surface area contributed by atoms with Gasteiger partial charge in [-0.1, -0.05) is 62.4 Å². The summed E-state index contributed by atoms with van der Waals surface area (Å²) in [4.78, 5) is 28.4. The lowest BCUT2D eigenvalue weighted by Gasteiger charge is -2.30. The maximum absolute atomic E-state index is 13.4. The Morgan fingerprint density at radius 2 is 1.67 bits per heavy atom. The van der Waals surface area contributed by atoms with E-state index in [2.05, 4.69) is 10.6 Å². The van der Waals surface area contributed by atoms with Crippen LogP contribution in [-0.4, -0.2) is 88.1 Å². The maximum Gasteiger partial charge on any atom is 0.311 e. The van der Waals surface area contributed by atoms with Crippen molar-refractivity contribution in [2.24, 2.45) is 11.8 Å². The second kappa shape index (κ2) is 18.1. The molecule has 2 fully saturated rings. The summed E-state index contributed by atoms with van der Waals surface area (Å²) >= 11 is 0. The van der Waals surface area contributed by atoms with Gasteiger partial charge in [0.2, 0.25) is 0 Å². The van der Waals surface area contributed by atoms with Crippen molar-refractivity contribution in [2.45, 2.75) is 69.7 Å². The average Bonchev–Trinajstić information content (AvgIpc) is 3.56. The van der Waals surface area contributed by atoms with Gasteiger partial charge in [0.15, 0.2) is 0 Å². The van der Waals surface area contributed by atoms with E-state index in [4.69, 9.17) is 18.9 Å². The maximum atomic E-state index is 13.4. The fourth-order valence-corrected chi connectivity index (χ4v) is 6.57. The standard InChI is InChI=1S/C35H51N3O7/c1-42-16-17-45-33(27-12-8-5-9-13-27)28-14-15-38(24-28)35(41)34(40)37-31(20-25-10-6-4-7-11-25)32(39)23-36-22-26-18-29(43-2)21-30(19-26)44-3/h5,8-9,12-13,18-19,21,25,28,31-33,36,39H,4,6-7,10-11,14-17,20,22-24H2,1-3H3,(H,37,40)/t28?,31-,32+,33?/m0/s1. The predicted molar refractivity (Wildman–Crippen MR) is 172 cm³/mol. The summed E-state index contributed by atoms with van der Waals surface area (Å²) in [6, 6.07) is 15.1. The number of likely N-dealkylation sites (tertiary alicyclic amines) is 1. The summed E-state index contributed by atoms with van der Waals surface area (Å²) in [5.74, 6) is 0.623. The highest BCUT2D eigenvalue weighted by Gasteiger charge is 2.37. The predicted octanol–water partition coefficient (Wildman–Crippen LogP) is 3.86. The highest BCUT2D eigenvalue weighted by atomic mass is 16.5. The molecule has 2 aromatic carbocycles. The summed E-state index contributed by atoms with van der Waals surface area (Å²) in [7, 11) is 4.86. The highest BCUT2D eigenvalue weighted by molar-refractivity contribution is 6.35. The molecule has 0 aromatic heterocycles. The lowest BCUT2D eigenvalue weighted by Crippen LogP contribution is -2.52. The Kier molecular flexibility index (Phi) is 13.9. The Bertz CT molecular complexity index is 1170. The first-order valence-corrected chi connectivity index (χ1v) is 16.3. The molecule has 1 saturated carbocycles. The van der Waals surface area contributed by atoms with E-state index >= 15 is 0 Å². The van der Waals surface area contributed by atoms with Crippen molar-refractivity contribution in [3.05, 3.63) is 59.7 Å². The Morgan fingerprint density at radius 1 is 0.956 bits per heavy atom. The van der Waals surface area contributed by atoms with Crippen molar-refractivity contribution >= 4 is 11.8 Å². The van der Waals surface area contributed by atoms with E-state index in [0.717, 1.165) is 43.2 Å². The molecular weight excluding hydrogens is 574 g/mol. The number of nitrogens with one attached hydrogen (secondary N) is 2. The van der Waals surface area contributed by atoms with Gasteiger partial charge in [-0.2, -0.15) is 0 Å². The number of carbonyl (C=O) groups excluding carboxylic acids is 2.